The first-order chi connectivity index (χ1) is 15.8. The lowest BCUT2D eigenvalue weighted by Crippen LogP contribution is -2.52. The Balaban J connectivity index is 1.52. The third-order valence-corrected chi connectivity index (χ3v) is 7.41. The molecule has 0 aliphatic carbocycles. The van der Waals surface area contributed by atoms with E-state index in [-0.39, 0.29) is 0 Å². The standard InChI is InChI=1S/C26H52N4O3/c1-7-25-19-30(20-26(8-2)33-25)14-11-27(9-12-28-15-21(3)31-22(4)16-28)10-13-29-17-23(5)32-24(6)18-29/h21-26H,7-20H2,1-6H3. The lowest BCUT2D eigenvalue weighted by atomic mass is 10.1. The van der Waals surface area contributed by atoms with Gasteiger partial charge in [-0.05, 0) is 40.5 Å². The van der Waals surface area contributed by atoms with E-state index in [1.165, 1.54) is 0 Å². The summed E-state index contributed by atoms with van der Waals surface area (Å²) in [6.45, 7) is 26.5. The minimum absolute atomic E-state index is 0.337. The van der Waals surface area contributed by atoms with Gasteiger partial charge in [0, 0.05) is 78.5 Å². The van der Waals surface area contributed by atoms with Gasteiger partial charge < -0.3 is 14.2 Å². The molecule has 6 unspecified atom stereocenters. The van der Waals surface area contributed by atoms with Gasteiger partial charge in [0.1, 0.15) is 0 Å². The van der Waals surface area contributed by atoms with Crippen molar-refractivity contribution >= 4 is 0 Å². The Bertz CT molecular complexity index is 492. The molecule has 3 aliphatic heterocycles. The molecule has 3 fully saturated rings. The molecule has 0 N–H and O–H groups in total. The minimum Gasteiger partial charge on any atom is -0.373 e. The maximum Gasteiger partial charge on any atom is 0.0703 e. The van der Waals surface area contributed by atoms with Crippen LogP contribution in [0.4, 0.5) is 0 Å². The molecule has 3 heterocycles. The second-order valence-electron chi connectivity index (χ2n) is 10.8. The summed E-state index contributed by atoms with van der Waals surface area (Å²) in [7, 11) is 0. The van der Waals surface area contributed by atoms with Crippen LogP contribution in [0.3, 0.4) is 0 Å². The van der Waals surface area contributed by atoms with Crippen LogP contribution < -0.4 is 0 Å². The molecule has 0 radical (unpaired) electrons. The van der Waals surface area contributed by atoms with Crippen molar-refractivity contribution in [3.05, 3.63) is 0 Å². The number of morpholine rings is 3. The largest absolute Gasteiger partial charge is 0.373 e. The Morgan fingerprint density at radius 2 is 0.879 bits per heavy atom. The fourth-order valence-corrected chi connectivity index (χ4v) is 5.76. The molecule has 3 rings (SSSR count). The van der Waals surface area contributed by atoms with Crippen molar-refractivity contribution in [1.82, 2.24) is 19.6 Å². The molecule has 0 aromatic carbocycles. The van der Waals surface area contributed by atoms with Crippen LogP contribution in [-0.4, -0.2) is 135 Å². The summed E-state index contributed by atoms with van der Waals surface area (Å²) in [6, 6.07) is 0. The fourth-order valence-electron chi connectivity index (χ4n) is 5.76. The highest BCUT2D eigenvalue weighted by molar-refractivity contribution is 4.80. The van der Waals surface area contributed by atoms with Gasteiger partial charge in [-0.2, -0.15) is 0 Å². The minimum atomic E-state index is 0.337. The zero-order valence-corrected chi connectivity index (χ0v) is 22.4. The van der Waals surface area contributed by atoms with Crippen molar-refractivity contribution < 1.29 is 14.2 Å². The van der Waals surface area contributed by atoms with Crippen LogP contribution in [0.25, 0.3) is 0 Å². The van der Waals surface area contributed by atoms with Gasteiger partial charge >= 0.3 is 0 Å². The molecule has 3 saturated heterocycles. The SMILES string of the molecule is CCC1CN(CCN(CCN2CC(C)OC(C)C2)CCN2CC(C)OC(C)C2)CC(CC)O1. The molecule has 33 heavy (non-hydrogen) atoms. The van der Waals surface area contributed by atoms with Crippen molar-refractivity contribution in [1.29, 1.82) is 0 Å². The first kappa shape index (κ1) is 27.3. The van der Waals surface area contributed by atoms with Crippen LogP contribution in [0.5, 0.6) is 0 Å². The molecular weight excluding hydrogens is 416 g/mol. The van der Waals surface area contributed by atoms with Gasteiger partial charge in [-0.25, -0.2) is 0 Å². The highest BCUT2D eigenvalue weighted by Crippen LogP contribution is 2.16. The number of hydrogen-bond donors (Lipinski definition) is 0. The zero-order valence-electron chi connectivity index (χ0n) is 22.4. The summed E-state index contributed by atoms with van der Waals surface area (Å²) in [4.78, 5) is 10.5. The Kier molecular flexibility index (Phi) is 11.3. The van der Waals surface area contributed by atoms with Gasteiger partial charge in [0.05, 0.1) is 36.6 Å². The zero-order chi connectivity index (χ0) is 23.8. The fraction of sp³-hybridized carbons (Fsp3) is 1.00. The highest BCUT2D eigenvalue weighted by atomic mass is 16.5. The maximum absolute atomic E-state index is 6.22. The van der Waals surface area contributed by atoms with Crippen LogP contribution in [0.1, 0.15) is 54.4 Å². The summed E-state index contributed by atoms with van der Waals surface area (Å²) in [6.07, 6.45) is 4.35. The number of hydrogen-bond acceptors (Lipinski definition) is 7. The van der Waals surface area contributed by atoms with Gasteiger partial charge in [0.2, 0.25) is 0 Å². The first-order valence-corrected chi connectivity index (χ1v) is 13.7. The van der Waals surface area contributed by atoms with E-state index in [2.05, 4.69) is 61.1 Å². The Morgan fingerprint density at radius 1 is 0.545 bits per heavy atom. The molecule has 0 aromatic heterocycles. The van der Waals surface area contributed by atoms with Gasteiger partial charge in [-0.1, -0.05) is 13.8 Å². The van der Waals surface area contributed by atoms with Gasteiger partial charge in [-0.3, -0.25) is 19.6 Å². The molecule has 6 atom stereocenters. The van der Waals surface area contributed by atoms with Gasteiger partial charge in [-0.15, -0.1) is 0 Å². The Morgan fingerprint density at radius 3 is 1.21 bits per heavy atom. The molecule has 3 aliphatic rings. The average molecular weight is 469 g/mol. The van der Waals surface area contributed by atoms with Crippen molar-refractivity contribution in [2.45, 2.75) is 91.0 Å². The van der Waals surface area contributed by atoms with Gasteiger partial charge in [0.25, 0.3) is 0 Å². The molecule has 0 saturated carbocycles. The van der Waals surface area contributed by atoms with E-state index in [1.54, 1.807) is 0 Å². The second-order valence-corrected chi connectivity index (χ2v) is 10.8. The number of rotatable bonds is 11. The molecule has 0 aromatic rings. The molecule has 0 amide bonds. The van der Waals surface area contributed by atoms with Crippen LogP contribution >= 0.6 is 0 Å². The normalized spacial score (nSPS) is 35.4. The first-order valence-electron chi connectivity index (χ1n) is 13.7. The van der Waals surface area contributed by atoms with Crippen molar-refractivity contribution in [2.75, 3.05) is 78.5 Å². The molecule has 194 valence electrons. The van der Waals surface area contributed by atoms with Crippen molar-refractivity contribution in [3.8, 4) is 0 Å². The van der Waals surface area contributed by atoms with E-state index in [0.717, 1.165) is 91.4 Å². The van der Waals surface area contributed by atoms with E-state index < -0.39 is 0 Å². The topological polar surface area (TPSA) is 40.7 Å². The summed E-state index contributed by atoms with van der Waals surface area (Å²) < 4.78 is 18.1. The Labute approximate surface area is 203 Å². The third kappa shape index (κ3) is 9.36. The van der Waals surface area contributed by atoms with Crippen LogP contribution in [0, 0.1) is 0 Å². The molecule has 0 bridgehead atoms. The van der Waals surface area contributed by atoms with E-state index in [1.807, 2.05) is 0 Å². The highest BCUT2D eigenvalue weighted by Gasteiger charge is 2.27. The predicted molar refractivity (Wildman–Crippen MR) is 135 cm³/mol. The summed E-state index contributed by atoms with van der Waals surface area (Å²) in [5.41, 5.74) is 0. The van der Waals surface area contributed by atoms with Crippen LogP contribution in [-0.2, 0) is 14.2 Å². The maximum atomic E-state index is 6.22. The lowest BCUT2D eigenvalue weighted by Gasteiger charge is -2.40. The summed E-state index contributed by atoms with van der Waals surface area (Å²) in [5.74, 6) is 0. The molecule has 7 nitrogen and oxygen atoms in total. The van der Waals surface area contributed by atoms with Crippen LogP contribution in [0.15, 0.2) is 0 Å². The van der Waals surface area contributed by atoms with Gasteiger partial charge in [0.15, 0.2) is 0 Å². The van der Waals surface area contributed by atoms with Crippen LogP contribution in [0.2, 0.25) is 0 Å². The monoisotopic (exact) mass is 468 g/mol. The van der Waals surface area contributed by atoms with E-state index in [0.29, 0.717) is 36.6 Å². The molecule has 0 spiro atoms. The smallest absolute Gasteiger partial charge is 0.0703 e. The van der Waals surface area contributed by atoms with E-state index >= 15 is 0 Å². The lowest BCUT2D eigenvalue weighted by molar-refractivity contribution is -0.0891. The number of nitrogens with zero attached hydrogens (tertiary/aromatic N) is 4. The quantitative estimate of drug-likeness (QED) is 0.461. The average Bonchev–Trinajstić information content (AvgIpc) is 2.77. The van der Waals surface area contributed by atoms with Crippen molar-refractivity contribution in [2.24, 2.45) is 0 Å². The Hall–Kier alpha value is -0.280. The second kappa shape index (κ2) is 13.7. The molecular formula is C26H52N4O3. The summed E-state index contributed by atoms with van der Waals surface area (Å²) >= 11 is 0. The molecule has 7 heteroatoms. The van der Waals surface area contributed by atoms with E-state index in [9.17, 15) is 0 Å². The number of ether oxygens (including phenoxy) is 3. The predicted octanol–water partition coefficient (Wildman–Crippen LogP) is 2.40. The van der Waals surface area contributed by atoms with E-state index in [4.69, 9.17) is 14.2 Å². The summed E-state index contributed by atoms with van der Waals surface area (Å²) in [5, 5.41) is 0. The third-order valence-electron chi connectivity index (χ3n) is 7.41. The van der Waals surface area contributed by atoms with Crippen molar-refractivity contribution in [3.63, 3.8) is 0 Å².